The van der Waals surface area contributed by atoms with Crippen molar-refractivity contribution in [1.29, 1.82) is 0 Å². The monoisotopic (exact) mass is 247 g/mol. The van der Waals surface area contributed by atoms with E-state index in [1.54, 1.807) is 0 Å². The lowest BCUT2D eigenvalue weighted by molar-refractivity contribution is -0.136. The van der Waals surface area contributed by atoms with Gasteiger partial charge in [-0.2, -0.15) is 0 Å². The Morgan fingerprint density at radius 1 is 1.39 bits per heavy atom. The normalized spacial score (nSPS) is 13.2. The molecule has 1 aliphatic heterocycles. The second-order valence-electron chi connectivity index (χ2n) is 4.38. The van der Waals surface area contributed by atoms with Gasteiger partial charge in [0, 0.05) is 31.1 Å². The van der Waals surface area contributed by atoms with Gasteiger partial charge in [-0.3, -0.25) is 4.79 Å². The van der Waals surface area contributed by atoms with Crippen LogP contribution in [0.3, 0.4) is 0 Å². The zero-order valence-corrected chi connectivity index (χ0v) is 9.97. The van der Waals surface area contributed by atoms with Gasteiger partial charge in [0.15, 0.2) is 11.5 Å². The fourth-order valence-electron chi connectivity index (χ4n) is 2.29. The third-order valence-corrected chi connectivity index (χ3v) is 3.17. The van der Waals surface area contributed by atoms with Crippen molar-refractivity contribution >= 4 is 16.9 Å². The molecule has 5 heteroatoms. The summed E-state index contributed by atoms with van der Waals surface area (Å²) in [7, 11) is 1.94. The van der Waals surface area contributed by atoms with E-state index >= 15 is 0 Å². The predicted octanol–water partition coefficient (Wildman–Crippen LogP) is 1.92. The lowest BCUT2D eigenvalue weighted by Crippen LogP contribution is -1.96. The number of fused-ring (bicyclic) bond motifs is 2. The van der Waals surface area contributed by atoms with Gasteiger partial charge in [-0.1, -0.05) is 0 Å². The molecule has 0 amide bonds. The van der Waals surface area contributed by atoms with E-state index < -0.39 is 5.97 Å². The maximum atomic E-state index is 10.7. The molecule has 0 saturated carbocycles. The Morgan fingerprint density at radius 2 is 2.11 bits per heavy atom. The molecule has 0 spiro atoms. The maximum absolute atomic E-state index is 10.7. The zero-order valence-electron chi connectivity index (χ0n) is 9.97. The van der Waals surface area contributed by atoms with Gasteiger partial charge >= 0.3 is 5.97 Å². The largest absolute Gasteiger partial charge is 0.481 e. The van der Waals surface area contributed by atoms with Gasteiger partial charge in [0.25, 0.3) is 0 Å². The molecule has 1 aromatic heterocycles. The molecule has 3 rings (SSSR count). The van der Waals surface area contributed by atoms with Gasteiger partial charge in [0.1, 0.15) is 0 Å². The van der Waals surface area contributed by atoms with E-state index in [1.807, 2.05) is 29.9 Å². The van der Waals surface area contributed by atoms with Gasteiger partial charge in [-0.15, -0.1) is 0 Å². The first-order valence-electron chi connectivity index (χ1n) is 5.74. The standard InChI is InChI=1S/C13H13NO4/c1-14-6-8(2-3-13(15)16)9-4-11-12(5-10(9)14)18-7-17-11/h4-6H,2-3,7H2,1H3,(H,15,16). The third kappa shape index (κ3) is 1.68. The molecule has 1 aromatic carbocycles. The molecule has 2 heterocycles. The quantitative estimate of drug-likeness (QED) is 0.900. The summed E-state index contributed by atoms with van der Waals surface area (Å²) in [5.41, 5.74) is 2.05. The Balaban J connectivity index is 2.07. The van der Waals surface area contributed by atoms with Crippen molar-refractivity contribution in [2.45, 2.75) is 12.8 Å². The fourth-order valence-corrected chi connectivity index (χ4v) is 2.29. The molecule has 2 aromatic rings. The highest BCUT2D eigenvalue weighted by Gasteiger charge is 2.17. The zero-order chi connectivity index (χ0) is 12.7. The highest BCUT2D eigenvalue weighted by atomic mass is 16.7. The Hall–Kier alpha value is -2.17. The maximum Gasteiger partial charge on any atom is 0.303 e. The van der Waals surface area contributed by atoms with E-state index in [-0.39, 0.29) is 13.2 Å². The molecule has 0 unspecified atom stereocenters. The van der Waals surface area contributed by atoms with E-state index in [0.29, 0.717) is 6.42 Å². The van der Waals surface area contributed by atoms with Crippen LogP contribution < -0.4 is 9.47 Å². The number of nitrogens with zero attached hydrogens (tertiary/aromatic N) is 1. The number of carboxylic acids is 1. The molecule has 94 valence electrons. The molecular weight excluding hydrogens is 234 g/mol. The summed E-state index contributed by atoms with van der Waals surface area (Å²) in [5, 5.41) is 9.79. The average molecular weight is 247 g/mol. The van der Waals surface area contributed by atoms with Crippen LogP contribution in [0.5, 0.6) is 11.5 Å². The van der Waals surface area contributed by atoms with Crippen molar-refractivity contribution in [3.63, 3.8) is 0 Å². The van der Waals surface area contributed by atoms with Crippen LogP contribution in [0.1, 0.15) is 12.0 Å². The molecule has 0 bridgehead atoms. The van der Waals surface area contributed by atoms with Gasteiger partial charge in [-0.25, -0.2) is 0 Å². The second-order valence-corrected chi connectivity index (χ2v) is 4.38. The Labute approximate surface area is 104 Å². The van der Waals surface area contributed by atoms with Crippen molar-refractivity contribution < 1.29 is 19.4 Å². The van der Waals surface area contributed by atoms with Crippen molar-refractivity contribution in [1.82, 2.24) is 4.57 Å². The van der Waals surface area contributed by atoms with Crippen LogP contribution in [-0.2, 0) is 18.3 Å². The SMILES string of the molecule is Cn1cc(CCC(=O)O)c2cc3c(cc21)OCO3. The van der Waals surface area contributed by atoms with Crippen LogP contribution >= 0.6 is 0 Å². The number of carbonyl (C=O) groups is 1. The molecule has 5 nitrogen and oxygen atoms in total. The topological polar surface area (TPSA) is 60.7 Å². The summed E-state index contributed by atoms with van der Waals surface area (Å²) >= 11 is 0. The van der Waals surface area contributed by atoms with Crippen LogP contribution in [0.25, 0.3) is 10.9 Å². The Morgan fingerprint density at radius 3 is 2.83 bits per heavy atom. The van der Waals surface area contributed by atoms with E-state index in [1.165, 1.54) is 0 Å². The van der Waals surface area contributed by atoms with Crippen molar-refractivity contribution in [3.05, 3.63) is 23.9 Å². The van der Waals surface area contributed by atoms with E-state index in [2.05, 4.69) is 0 Å². The summed E-state index contributed by atoms with van der Waals surface area (Å²) in [4.78, 5) is 10.7. The highest BCUT2D eigenvalue weighted by molar-refractivity contribution is 5.88. The molecule has 18 heavy (non-hydrogen) atoms. The summed E-state index contributed by atoms with van der Waals surface area (Å²) in [6.07, 6.45) is 2.61. The number of benzene rings is 1. The first-order valence-corrected chi connectivity index (χ1v) is 5.74. The van der Waals surface area contributed by atoms with Crippen LogP contribution in [0.4, 0.5) is 0 Å². The number of hydrogen-bond donors (Lipinski definition) is 1. The number of aromatic nitrogens is 1. The number of aliphatic carboxylic acids is 1. The van der Waals surface area contributed by atoms with Crippen LogP contribution in [0, 0.1) is 0 Å². The van der Waals surface area contributed by atoms with E-state index in [0.717, 1.165) is 28.0 Å². The molecule has 0 radical (unpaired) electrons. The molecule has 0 fully saturated rings. The van der Waals surface area contributed by atoms with Gasteiger partial charge in [0.05, 0.1) is 5.52 Å². The summed E-state index contributed by atoms with van der Waals surface area (Å²) in [5.74, 6) is 0.687. The first-order chi connectivity index (χ1) is 8.65. The smallest absolute Gasteiger partial charge is 0.303 e. The number of rotatable bonds is 3. The summed E-state index contributed by atoms with van der Waals surface area (Å²) < 4.78 is 12.7. The van der Waals surface area contributed by atoms with Crippen molar-refractivity contribution in [2.75, 3.05) is 6.79 Å². The Bertz CT molecular complexity index is 629. The molecule has 1 aliphatic rings. The van der Waals surface area contributed by atoms with Gasteiger partial charge < -0.3 is 19.1 Å². The van der Waals surface area contributed by atoms with Gasteiger partial charge in [-0.05, 0) is 18.1 Å². The van der Waals surface area contributed by atoms with Crippen molar-refractivity contribution in [2.24, 2.45) is 7.05 Å². The lowest BCUT2D eigenvalue weighted by atomic mass is 10.1. The molecule has 0 aliphatic carbocycles. The van der Waals surface area contributed by atoms with Crippen molar-refractivity contribution in [3.8, 4) is 11.5 Å². The van der Waals surface area contributed by atoms with E-state index in [9.17, 15) is 4.79 Å². The van der Waals surface area contributed by atoms with E-state index in [4.69, 9.17) is 14.6 Å². The lowest BCUT2D eigenvalue weighted by Gasteiger charge is -2.00. The third-order valence-electron chi connectivity index (χ3n) is 3.17. The Kier molecular flexibility index (Phi) is 2.40. The second kappa shape index (κ2) is 3.94. The predicted molar refractivity (Wildman–Crippen MR) is 65.0 cm³/mol. The minimum atomic E-state index is -0.784. The number of aryl methyl sites for hydroxylation is 2. The first kappa shape index (κ1) is 11.0. The molecule has 1 N–H and O–H groups in total. The average Bonchev–Trinajstić information content (AvgIpc) is 2.89. The van der Waals surface area contributed by atoms with Crippen LogP contribution in [0.15, 0.2) is 18.3 Å². The van der Waals surface area contributed by atoms with Crippen LogP contribution in [0.2, 0.25) is 0 Å². The highest BCUT2D eigenvalue weighted by Crippen LogP contribution is 2.37. The minimum absolute atomic E-state index is 0.132. The fraction of sp³-hybridized carbons (Fsp3) is 0.308. The molecular formula is C13H13NO4. The number of hydrogen-bond acceptors (Lipinski definition) is 3. The minimum Gasteiger partial charge on any atom is -0.481 e. The number of ether oxygens (including phenoxy) is 2. The summed E-state index contributed by atoms with van der Waals surface area (Å²) in [6, 6.07) is 3.86. The van der Waals surface area contributed by atoms with Crippen LogP contribution in [-0.4, -0.2) is 22.4 Å². The number of carboxylic acid groups (broad SMARTS) is 1. The summed E-state index contributed by atoms with van der Waals surface area (Å²) in [6.45, 7) is 0.246. The molecule has 0 atom stereocenters. The van der Waals surface area contributed by atoms with Gasteiger partial charge in [0.2, 0.25) is 6.79 Å². The molecule has 0 saturated heterocycles.